The number of nitrogens with one attached hydrogen (secondary N) is 1. The van der Waals surface area contributed by atoms with Gasteiger partial charge in [-0.05, 0) is 47.0 Å². The molecule has 0 aliphatic heterocycles. The van der Waals surface area contributed by atoms with Crippen molar-refractivity contribution in [2.24, 2.45) is 0 Å². The lowest BCUT2D eigenvalue weighted by Crippen LogP contribution is -2.45. The van der Waals surface area contributed by atoms with Crippen molar-refractivity contribution in [3.63, 3.8) is 0 Å². The number of alkyl carbamates (subject to hydrolysis) is 1. The molecule has 1 amide bonds. The van der Waals surface area contributed by atoms with Crippen LogP contribution in [0.3, 0.4) is 0 Å². The van der Waals surface area contributed by atoms with E-state index in [0.29, 0.717) is 25.0 Å². The molecule has 116 valence electrons. The summed E-state index contributed by atoms with van der Waals surface area (Å²) in [6.07, 6.45) is 2.85. The molecule has 1 fully saturated rings. The molecule has 1 rings (SSSR count). The van der Waals surface area contributed by atoms with Crippen LogP contribution in [0.4, 0.5) is 4.79 Å². The Bertz CT molecular complexity index is 349. The van der Waals surface area contributed by atoms with Gasteiger partial charge < -0.3 is 14.8 Å². The van der Waals surface area contributed by atoms with Crippen LogP contribution in [-0.4, -0.2) is 36.2 Å². The third kappa shape index (κ3) is 5.49. The van der Waals surface area contributed by atoms with E-state index in [0.717, 1.165) is 12.8 Å². The molecule has 5 nitrogen and oxygen atoms in total. The molecule has 0 spiro atoms. The van der Waals surface area contributed by atoms with E-state index in [1.165, 1.54) is 0 Å². The van der Waals surface area contributed by atoms with Gasteiger partial charge in [-0.3, -0.25) is 4.79 Å². The summed E-state index contributed by atoms with van der Waals surface area (Å²) >= 11 is 0. The van der Waals surface area contributed by atoms with Crippen LogP contribution < -0.4 is 5.32 Å². The quantitative estimate of drug-likeness (QED) is 0.862. The molecular weight excluding hydrogens is 258 g/mol. The van der Waals surface area contributed by atoms with E-state index < -0.39 is 11.7 Å². The zero-order chi connectivity index (χ0) is 15.4. The molecule has 0 aromatic heterocycles. The molecule has 0 saturated heterocycles. The summed E-state index contributed by atoms with van der Waals surface area (Å²) in [5, 5.41) is 2.83. The molecule has 0 unspecified atom stereocenters. The maximum Gasteiger partial charge on any atom is 0.407 e. The molecule has 1 saturated carbocycles. The van der Waals surface area contributed by atoms with Gasteiger partial charge in [-0.15, -0.1) is 0 Å². The summed E-state index contributed by atoms with van der Waals surface area (Å²) < 4.78 is 10.9. The third-order valence-electron chi connectivity index (χ3n) is 3.59. The van der Waals surface area contributed by atoms with Crippen LogP contribution in [0.5, 0.6) is 0 Å². The van der Waals surface area contributed by atoms with E-state index >= 15 is 0 Å². The SMILES string of the molecule is COC1(C[C@H](C)NC(=O)OC(C)(C)C)CCC(=O)CC1. The molecule has 20 heavy (non-hydrogen) atoms. The fraction of sp³-hybridized carbons (Fsp3) is 0.867. The first-order valence-corrected chi connectivity index (χ1v) is 7.22. The average Bonchev–Trinajstić information content (AvgIpc) is 2.29. The Labute approximate surface area is 121 Å². The number of hydrogen-bond donors (Lipinski definition) is 1. The van der Waals surface area contributed by atoms with E-state index in [2.05, 4.69) is 5.32 Å². The van der Waals surface area contributed by atoms with Crippen LogP contribution in [0.1, 0.15) is 59.8 Å². The van der Waals surface area contributed by atoms with Gasteiger partial charge in [0.15, 0.2) is 0 Å². The van der Waals surface area contributed by atoms with Crippen molar-refractivity contribution in [1.82, 2.24) is 5.32 Å². The van der Waals surface area contributed by atoms with Gasteiger partial charge in [0.05, 0.1) is 5.60 Å². The summed E-state index contributed by atoms with van der Waals surface area (Å²) in [6.45, 7) is 7.43. The van der Waals surface area contributed by atoms with E-state index in [-0.39, 0.29) is 11.6 Å². The number of hydrogen-bond acceptors (Lipinski definition) is 4. The fourth-order valence-corrected chi connectivity index (χ4v) is 2.59. The summed E-state index contributed by atoms with van der Waals surface area (Å²) in [5.41, 5.74) is -0.803. The maximum atomic E-state index is 11.7. The van der Waals surface area contributed by atoms with Crippen molar-refractivity contribution in [1.29, 1.82) is 0 Å². The zero-order valence-electron chi connectivity index (χ0n) is 13.2. The first-order chi connectivity index (χ1) is 9.16. The Kier molecular flexibility index (Phi) is 5.57. The Morgan fingerprint density at radius 3 is 2.35 bits per heavy atom. The number of rotatable bonds is 4. The van der Waals surface area contributed by atoms with Crippen molar-refractivity contribution in [2.45, 2.75) is 77.0 Å². The molecule has 1 aliphatic carbocycles. The molecule has 0 aromatic carbocycles. The van der Waals surface area contributed by atoms with Crippen molar-refractivity contribution in [3.8, 4) is 0 Å². The van der Waals surface area contributed by atoms with Gasteiger partial charge in [-0.1, -0.05) is 0 Å². The lowest BCUT2D eigenvalue weighted by Gasteiger charge is -2.37. The Morgan fingerprint density at radius 1 is 1.35 bits per heavy atom. The number of methoxy groups -OCH3 is 1. The number of carbonyl (C=O) groups excluding carboxylic acids is 2. The van der Waals surface area contributed by atoms with E-state index in [4.69, 9.17) is 9.47 Å². The molecule has 5 heteroatoms. The van der Waals surface area contributed by atoms with Crippen LogP contribution in [0, 0.1) is 0 Å². The van der Waals surface area contributed by atoms with Gasteiger partial charge in [0.2, 0.25) is 0 Å². The minimum Gasteiger partial charge on any atom is -0.444 e. The molecule has 0 heterocycles. The van der Waals surface area contributed by atoms with Crippen molar-refractivity contribution in [2.75, 3.05) is 7.11 Å². The molecular formula is C15H27NO4. The van der Waals surface area contributed by atoms with Gasteiger partial charge in [0.1, 0.15) is 11.4 Å². The highest BCUT2D eigenvalue weighted by molar-refractivity contribution is 5.79. The lowest BCUT2D eigenvalue weighted by atomic mass is 9.80. The highest BCUT2D eigenvalue weighted by atomic mass is 16.6. The molecule has 0 bridgehead atoms. The number of Topliss-reactive ketones (excluding diaryl/α,β-unsaturated/α-hetero) is 1. The second-order valence-corrected chi connectivity index (χ2v) is 6.68. The Balaban J connectivity index is 2.49. The Morgan fingerprint density at radius 2 is 1.90 bits per heavy atom. The molecule has 0 aromatic rings. The highest BCUT2D eigenvalue weighted by Gasteiger charge is 2.36. The standard InChI is InChI=1S/C15H27NO4/c1-11(16-13(18)20-14(2,3)4)10-15(19-5)8-6-12(17)7-9-15/h11H,6-10H2,1-5H3,(H,16,18)/t11-/m0/s1. The second kappa shape index (κ2) is 6.57. The van der Waals surface area contributed by atoms with Gasteiger partial charge >= 0.3 is 6.09 Å². The summed E-state index contributed by atoms with van der Waals surface area (Å²) in [5.74, 6) is 0.297. The maximum absolute atomic E-state index is 11.7. The van der Waals surface area contributed by atoms with Crippen LogP contribution in [0.25, 0.3) is 0 Å². The summed E-state index contributed by atoms with van der Waals surface area (Å²) in [6, 6.07) is -0.0574. The summed E-state index contributed by atoms with van der Waals surface area (Å²) in [4.78, 5) is 23.1. The van der Waals surface area contributed by atoms with Crippen LogP contribution in [-0.2, 0) is 14.3 Å². The molecule has 0 radical (unpaired) electrons. The van der Waals surface area contributed by atoms with Gasteiger partial charge in [-0.2, -0.15) is 0 Å². The van der Waals surface area contributed by atoms with E-state index in [9.17, 15) is 9.59 Å². The predicted molar refractivity (Wildman–Crippen MR) is 76.7 cm³/mol. The second-order valence-electron chi connectivity index (χ2n) is 6.68. The monoisotopic (exact) mass is 285 g/mol. The molecule has 1 N–H and O–H groups in total. The van der Waals surface area contributed by atoms with Crippen LogP contribution in [0.2, 0.25) is 0 Å². The van der Waals surface area contributed by atoms with Gasteiger partial charge in [-0.25, -0.2) is 4.79 Å². The van der Waals surface area contributed by atoms with Crippen LogP contribution in [0.15, 0.2) is 0 Å². The fourth-order valence-electron chi connectivity index (χ4n) is 2.59. The number of amides is 1. The predicted octanol–water partition coefficient (Wildman–Crippen LogP) is 2.82. The van der Waals surface area contributed by atoms with Crippen molar-refractivity contribution >= 4 is 11.9 Å². The van der Waals surface area contributed by atoms with E-state index in [1.54, 1.807) is 7.11 Å². The minimum atomic E-state index is -0.500. The third-order valence-corrected chi connectivity index (χ3v) is 3.59. The topological polar surface area (TPSA) is 64.6 Å². The van der Waals surface area contributed by atoms with Crippen molar-refractivity contribution in [3.05, 3.63) is 0 Å². The normalized spacial score (nSPS) is 20.4. The van der Waals surface area contributed by atoms with Crippen LogP contribution >= 0.6 is 0 Å². The number of ketones is 1. The average molecular weight is 285 g/mol. The molecule has 1 aliphatic rings. The summed E-state index contributed by atoms with van der Waals surface area (Å²) in [7, 11) is 1.68. The highest BCUT2D eigenvalue weighted by Crippen LogP contribution is 2.33. The van der Waals surface area contributed by atoms with Crippen molar-refractivity contribution < 1.29 is 19.1 Å². The first kappa shape index (κ1) is 17.0. The van der Waals surface area contributed by atoms with Gasteiger partial charge in [0.25, 0.3) is 0 Å². The Hall–Kier alpha value is -1.10. The lowest BCUT2D eigenvalue weighted by molar-refractivity contribution is -0.128. The number of ether oxygens (including phenoxy) is 2. The largest absolute Gasteiger partial charge is 0.444 e. The van der Waals surface area contributed by atoms with Gasteiger partial charge in [0, 0.05) is 26.0 Å². The first-order valence-electron chi connectivity index (χ1n) is 7.22. The zero-order valence-corrected chi connectivity index (χ0v) is 13.2. The molecule has 1 atom stereocenters. The van der Waals surface area contributed by atoms with E-state index in [1.807, 2.05) is 27.7 Å². The number of carbonyl (C=O) groups is 2. The minimum absolute atomic E-state index is 0.0574. The smallest absolute Gasteiger partial charge is 0.407 e.